The largest absolute Gasteiger partial charge is 0.283 e. The van der Waals surface area contributed by atoms with Gasteiger partial charge >= 0.3 is 0 Å². The molecule has 0 aliphatic carbocycles. The Labute approximate surface area is 125 Å². The lowest BCUT2D eigenvalue weighted by Crippen LogP contribution is -2.37. The van der Waals surface area contributed by atoms with Gasteiger partial charge in [-0.1, -0.05) is 20.8 Å². The number of amides is 1. The van der Waals surface area contributed by atoms with E-state index in [0.717, 1.165) is 19.7 Å². The topological polar surface area (TPSA) is 46.1 Å². The van der Waals surface area contributed by atoms with E-state index in [9.17, 15) is 4.79 Å². The Balaban J connectivity index is 2.48. The van der Waals surface area contributed by atoms with Crippen LogP contribution < -0.4 is 4.90 Å². The van der Waals surface area contributed by atoms with Crippen LogP contribution in [-0.2, 0) is 4.79 Å². The summed E-state index contributed by atoms with van der Waals surface area (Å²) in [6.45, 7) is 7.60. The molecule has 0 radical (unpaired) electrons. The lowest BCUT2D eigenvalue weighted by Gasteiger charge is -2.24. The summed E-state index contributed by atoms with van der Waals surface area (Å²) in [6, 6.07) is 2.00. The molecule has 0 bridgehead atoms. The second-order valence-corrected chi connectivity index (χ2v) is 7.90. The Morgan fingerprint density at radius 3 is 2.58 bits per heavy atom. The third-order valence-corrected chi connectivity index (χ3v) is 4.32. The van der Waals surface area contributed by atoms with E-state index in [-0.39, 0.29) is 5.91 Å². The molecule has 2 heterocycles. The highest BCUT2D eigenvalue weighted by molar-refractivity contribution is 9.11. The lowest BCUT2D eigenvalue weighted by molar-refractivity contribution is -0.125. The minimum Gasteiger partial charge on any atom is -0.283 e. The zero-order valence-corrected chi connectivity index (χ0v) is 14.0. The molecule has 19 heavy (non-hydrogen) atoms. The fourth-order valence-corrected chi connectivity index (χ4v) is 3.26. The number of thiophene rings is 1. The normalized spacial score (nSPS) is 11.9. The third-order valence-electron chi connectivity index (χ3n) is 2.79. The van der Waals surface area contributed by atoms with E-state index in [2.05, 4.69) is 25.9 Å². The van der Waals surface area contributed by atoms with Crippen molar-refractivity contribution in [3.05, 3.63) is 15.5 Å². The molecule has 0 fully saturated rings. The molecule has 0 saturated carbocycles. The third kappa shape index (κ3) is 2.79. The van der Waals surface area contributed by atoms with Crippen LogP contribution in [0.2, 0.25) is 0 Å². The van der Waals surface area contributed by atoms with Gasteiger partial charge in [0, 0.05) is 17.8 Å². The number of fused-ring (bicyclic) bond motifs is 1. The molecule has 0 atom stereocenters. The predicted octanol–water partition coefficient (Wildman–Crippen LogP) is 3.77. The molecule has 0 unspecified atom stereocenters. The van der Waals surface area contributed by atoms with Gasteiger partial charge in [-0.2, -0.15) is 0 Å². The number of rotatable bonds is 1. The number of nitrogens with zero attached hydrogens (tertiary/aromatic N) is 3. The molecule has 0 spiro atoms. The molecule has 4 nitrogen and oxygen atoms in total. The fraction of sp³-hybridized carbons (Fsp3) is 0.462. The van der Waals surface area contributed by atoms with Crippen molar-refractivity contribution in [1.29, 1.82) is 0 Å². The number of anilines is 1. The van der Waals surface area contributed by atoms with E-state index < -0.39 is 5.41 Å². The molecule has 2 aromatic heterocycles. The maximum absolute atomic E-state index is 12.3. The van der Waals surface area contributed by atoms with Crippen molar-refractivity contribution < 1.29 is 4.79 Å². The molecule has 0 aliphatic rings. The van der Waals surface area contributed by atoms with E-state index in [1.807, 2.05) is 33.8 Å². The zero-order valence-electron chi connectivity index (χ0n) is 11.6. The van der Waals surface area contributed by atoms with Crippen LogP contribution in [0.5, 0.6) is 0 Å². The van der Waals surface area contributed by atoms with Crippen molar-refractivity contribution in [2.45, 2.75) is 27.7 Å². The molecule has 0 N–H and O–H groups in total. The number of aryl methyl sites for hydroxylation is 1. The smallest absolute Gasteiger partial charge is 0.234 e. The average Bonchev–Trinajstić information content (AvgIpc) is 2.67. The highest BCUT2D eigenvalue weighted by Gasteiger charge is 2.27. The van der Waals surface area contributed by atoms with Gasteiger partial charge in [0.1, 0.15) is 4.83 Å². The Morgan fingerprint density at radius 1 is 1.37 bits per heavy atom. The Morgan fingerprint density at radius 2 is 2.00 bits per heavy atom. The Bertz CT molecular complexity index is 645. The number of hydrogen-bond acceptors (Lipinski definition) is 4. The summed E-state index contributed by atoms with van der Waals surface area (Å²) in [5.74, 6) is 0.459. The van der Waals surface area contributed by atoms with Gasteiger partial charge in [-0.3, -0.25) is 9.69 Å². The summed E-state index contributed by atoms with van der Waals surface area (Å²) in [6.07, 6.45) is 0. The van der Waals surface area contributed by atoms with Gasteiger partial charge in [0.25, 0.3) is 0 Å². The van der Waals surface area contributed by atoms with E-state index in [4.69, 9.17) is 0 Å². The standard InChI is InChI=1S/C13H16BrN3OS/c1-7-8-6-9(14)19-10(8)16-12(15-7)17(5)11(18)13(2,3)4/h6H,1-5H3. The van der Waals surface area contributed by atoms with Gasteiger partial charge in [0.15, 0.2) is 0 Å². The van der Waals surface area contributed by atoms with Crippen molar-refractivity contribution in [3.63, 3.8) is 0 Å². The summed E-state index contributed by atoms with van der Waals surface area (Å²) in [5.41, 5.74) is 0.437. The molecular weight excluding hydrogens is 326 g/mol. The number of halogens is 1. The highest BCUT2D eigenvalue weighted by atomic mass is 79.9. The van der Waals surface area contributed by atoms with Gasteiger partial charge in [0.05, 0.1) is 9.48 Å². The Kier molecular flexibility index (Phi) is 3.66. The SMILES string of the molecule is Cc1nc(N(C)C(=O)C(C)(C)C)nc2sc(Br)cc12. The predicted molar refractivity (Wildman–Crippen MR) is 82.7 cm³/mol. The summed E-state index contributed by atoms with van der Waals surface area (Å²) in [4.78, 5) is 23.6. The zero-order chi connectivity index (χ0) is 14.4. The molecule has 0 aromatic carbocycles. The molecule has 6 heteroatoms. The minimum absolute atomic E-state index is 0.00173. The quantitative estimate of drug-likeness (QED) is 0.792. The number of carbonyl (C=O) groups is 1. The van der Waals surface area contributed by atoms with Gasteiger partial charge in [-0.25, -0.2) is 9.97 Å². The molecule has 2 aromatic rings. The van der Waals surface area contributed by atoms with Crippen LogP contribution in [0, 0.1) is 12.3 Å². The van der Waals surface area contributed by atoms with Crippen LogP contribution in [0.15, 0.2) is 9.85 Å². The molecule has 102 valence electrons. The fourth-order valence-electron chi connectivity index (χ4n) is 1.76. The van der Waals surface area contributed by atoms with E-state index in [1.54, 1.807) is 18.4 Å². The first-order valence-corrected chi connectivity index (χ1v) is 7.53. The van der Waals surface area contributed by atoms with E-state index in [0.29, 0.717) is 5.95 Å². The number of aromatic nitrogens is 2. The van der Waals surface area contributed by atoms with Crippen LogP contribution in [0.4, 0.5) is 5.95 Å². The molecule has 0 saturated heterocycles. The van der Waals surface area contributed by atoms with Crippen molar-refractivity contribution >= 4 is 49.3 Å². The number of hydrogen-bond donors (Lipinski definition) is 0. The average molecular weight is 342 g/mol. The monoisotopic (exact) mass is 341 g/mol. The number of carbonyl (C=O) groups excluding carboxylic acids is 1. The van der Waals surface area contributed by atoms with Crippen molar-refractivity contribution in [1.82, 2.24) is 9.97 Å². The van der Waals surface area contributed by atoms with Crippen molar-refractivity contribution in [2.75, 3.05) is 11.9 Å². The van der Waals surface area contributed by atoms with Crippen LogP contribution in [0.3, 0.4) is 0 Å². The first-order valence-electron chi connectivity index (χ1n) is 5.92. The van der Waals surface area contributed by atoms with Crippen LogP contribution >= 0.6 is 27.3 Å². The summed E-state index contributed by atoms with van der Waals surface area (Å²) in [7, 11) is 1.72. The second-order valence-electron chi connectivity index (χ2n) is 5.49. The Hall–Kier alpha value is -1.01. The van der Waals surface area contributed by atoms with E-state index >= 15 is 0 Å². The maximum atomic E-state index is 12.3. The highest BCUT2D eigenvalue weighted by Crippen LogP contribution is 2.31. The second kappa shape index (κ2) is 4.83. The summed E-state index contributed by atoms with van der Waals surface area (Å²) in [5, 5.41) is 1.03. The molecule has 1 amide bonds. The van der Waals surface area contributed by atoms with Gasteiger partial charge < -0.3 is 0 Å². The summed E-state index contributed by atoms with van der Waals surface area (Å²) >= 11 is 5.00. The van der Waals surface area contributed by atoms with Gasteiger partial charge in [0.2, 0.25) is 11.9 Å². The first-order chi connectivity index (χ1) is 8.70. The lowest BCUT2D eigenvalue weighted by atomic mass is 9.95. The van der Waals surface area contributed by atoms with Crippen molar-refractivity contribution in [3.8, 4) is 0 Å². The molecule has 2 rings (SSSR count). The van der Waals surface area contributed by atoms with Crippen LogP contribution in [-0.4, -0.2) is 22.9 Å². The van der Waals surface area contributed by atoms with Gasteiger partial charge in [-0.05, 0) is 28.9 Å². The summed E-state index contributed by atoms with van der Waals surface area (Å²) < 4.78 is 1.02. The molecule has 0 aliphatic heterocycles. The minimum atomic E-state index is -0.447. The van der Waals surface area contributed by atoms with Crippen LogP contribution in [0.1, 0.15) is 26.5 Å². The van der Waals surface area contributed by atoms with Crippen LogP contribution in [0.25, 0.3) is 10.2 Å². The maximum Gasteiger partial charge on any atom is 0.234 e. The van der Waals surface area contributed by atoms with Crippen molar-refractivity contribution in [2.24, 2.45) is 5.41 Å². The van der Waals surface area contributed by atoms with E-state index in [1.165, 1.54) is 4.90 Å². The molecular formula is C13H16BrN3OS. The first kappa shape index (κ1) is 14.4. The van der Waals surface area contributed by atoms with Gasteiger partial charge in [-0.15, -0.1) is 11.3 Å².